The molecule has 1 aromatic carbocycles. The number of hydrogen-bond donors (Lipinski definition) is 2. The van der Waals surface area contributed by atoms with Crippen molar-refractivity contribution in [1.82, 2.24) is 15.2 Å². The Morgan fingerprint density at radius 1 is 1.24 bits per heavy atom. The molecule has 1 unspecified atom stereocenters. The van der Waals surface area contributed by atoms with E-state index in [9.17, 15) is 0 Å². The number of nitrogens with one attached hydrogen (secondary N) is 2. The van der Waals surface area contributed by atoms with E-state index in [-0.39, 0.29) is 0 Å². The maximum Gasteiger partial charge on any atom is 0.194 e. The molecule has 2 aliphatic rings. The molecule has 0 bridgehead atoms. The minimum Gasteiger partial charge on any atom is -0.376 e. The second kappa shape index (κ2) is 10.1. The van der Waals surface area contributed by atoms with Crippen molar-refractivity contribution in [2.24, 2.45) is 4.99 Å². The zero-order chi connectivity index (χ0) is 19.9. The lowest BCUT2D eigenvalue weighted by molar-refractivity contribution is -0.0721. The molecule has 29 heavy (non-hydrogen) atoms. The molecular weight excluding hydrogens is 364 g/mol. The third kappa shape index (κ3) is 5.52. The molecular formula is C23H34N4O2. The van der Waals surface area contributed by atoms with Gasteiger partial charge in [-0.15, -0.1) is 0 Å². The highest BCUT2D eigenvalue weighted by atomic mass is 16.5. The molecule has 2 saturated heterocycles. The van der Waals surface area contributed by atoms with Crippen LogP contribution >= 0.6 is 0 Å². The number of piperidine rings is 1. The number of fused-ring (bicyclic) bond motifs is 1. The quantitative estimate of drug-likeness (QED) is 0.576. The van der Waals surface area contributed by atoms with Crippen LogP contribution in [0.2, 0.25) is 0 Å². The molecule has 2 aromatic rings. The van der Waals surface area contributed by atoms with Gasteiger partial charge in [0.05, 0.1) is 25.4 Å². The number of nitrogens with zero attached hydrogens (tertiary/aromatic N) is 2. The Kier molecular flexibility index (Phi) is 7.06. The van der Waals surface area contributed by atoms with E-state index in [1.165, 1.54) is 23.7 Å². The Bertz CT molecular complexity index is 756. The van der Waals surface area contributed by atoms with Crippen molar-refractivity contribution < 1.29 is 9.47 Å². The van der Waals surface area contributed by atoms with E-state index < -0.39 is 0 Å². The molecule has 6 nitrogen and oxygen atoms in total. The van der Waals surface area contributed by atoms with Crippen LogP contribution in [0.5, 0.6) is 0 Å². The number of likely N-dealkylation sites (tertiary alicyclic amines) is 1. The Hall–Kier alpha value is -2.05. The van der Waals surface area contributed by atoms with Crippen molar-refractivity contribution in [3.8, 4) is 0 Å². The van der Waals surface area contributed by atoms with Gasteiger partial charge in [0.25, 0.3) is 0 Å². The van der Waals surface area contributed by atoms with Gasteiger partial charge < -0.3 is 24.7 Å². The molecule has 0 amide bonds. The average molecular weight is 399 g/mol. The third-order valence-electron chi connectivity index (χ3n) is 5.85. The molecule has 0 saturated carbocycles. The summed E-state index contributed by atoms with van der Waals surface area (Å²) in [4.78, 5) is 10.7. The summed E-state index contributed by atoms with van der Waals surface area (Å²) >= 11 is 0. The van der Waals surface area contributed by atoms with E-state index in [2.05, 4.69) is 52.5 Å². The highest BCUT2D eigenvalue weighted by Crippen LogP contribution is 2.19. The highest BCUT2D eigenvalue weighted by molar-refractivity contribution is 5.81. The summed E-state index contributed by atoms with van der Waals surface area (Å²) in [5.74, 6) is 1.00. The first-order valence-electron chi connectivity index (χ1n) is 11.1. The minimum atomic E-state index is 0.303. The van der Waals surface area contributed by atoms with Gasteiger partial charge in [0.2, 0.25) is 0 Å². The first kappa shape index (κ1) is 20.2. The van der Waals surface area contributed by atoms with Gasteiger partial charge >= 0.3 is 0 Å². The van der Waals surface area contributed by atoms with Crippen molar-refractivity contribution >= 4 is 16.9 Å². The van der Waals surface area contributed by atoms with Crippen LogP contribution in [0.25, 0.3) is 10.9 Å². The van der Waals surface area contributed by atoms with Gasteiger partial charge in [-0.3, -0.25) is 0 Å². The molecule has 2 aliphatic heterocycles. The number of rotatable bonds is 6. The molecule has 1 aromatic heterocycles. The molecule has 2 N–H and O–H groups in total. The van der Waals surface area contributed by atoms with Crippen LogP contribution in [0.4, 0.5) is 0 Å². The topological polar surface area (TPSA) is 61.9 Å². The van der Waals surface area contributed by atoms with Gasteiger partial charge in [0.15, 0.2) is 5.96 Å². The highest BCUT2D eigenvalue weighted by Gasteiger charge is 2.23. The summed E-state index contributed by atoms with van der Waals surface area (Å²) in [6.07, 6.45) is 6.34. The summed E-state index contributed by atoms with van der Waals surface area (Å²) in [6, 6.07) is 10.6. The Morgan fingerprint density at radius 2 is 2.10 bits per heavy atom. The van der Waals surface area contributed by atoms with Crippen LogP contribution in [0, 0.1) is 0 Å². The fourth-order valence-corrected chi connectivity index (χ4v) is 4.22. The Morgan fingerprint density at radius 3 is 2.86 bits per heavy atom. The zero-order valence-electron chi connectivity index (χ0n) is 17.5. The molecule has 0 aliphatic carbocycles. The van der Waals surface area contributed by atoms with Crippen LogP contribution in [0.1, 0.15) is 44.7 Å². The summed E-state index contributed by atoms with van der Waals surface area (Å²) in [6.45, 7) is 7.26. The first-order valence-corrected chi connectivity index (χ1v) is 11.1. The lowest BCUT2D eigenvalue weighted by Crippen LogP contribution is -2.47. The van der Waals surface area contributed by atoms with Gasteiger partial charge in [0.1, 0.15) is 0 Å². The van der Waals surface area contributed by atoms with E-state index in [1.54, 1.807) is 0 Å². The number of benzene rings is 1. The maximum absolute atomic E-state index is 6.16. The predicted octanol–water partition coefficient (Wildman–Crippen LogP) is 3.68. The predicted molar refractivity (Wildman–Crippen MR) is 117 cm³/mol. The average Bonchev–Trinajstić information content (AvgIpc) is 3.19. The molecule has 0 radical (unpaired) electrons. The van der Waals surface area contributed by atoms with E-state index in [0.29, 0.717) is 18.8 Å². The van der Waals surface area contributed by atoms with E-state index in [0.717, 1.165) is 63.8 Å². The Labute approximate surface area is 173 Å². The van der Waals surface area contributed by atoms with Crippen molar-refractivity contribution in [1.29, 1.82) is 0 Å². The smallest absolute Gasteiger partial charge is 0.194 e. The molecule has 4 rings (SSSR count). The van der Waals surface area contributed by atoms with Gasteiger partial charge in [0, 0.05) is 37.5 Å². The largest absolute Gasteiger partial charge is 0.376 e. The summed E-state index contributed by atoms with van der Waals surface area (Å²) in [5, 5.41) is 4.69. The summed E-state index contributed by atoms with van der Waals surface area (Å²) in [5.41, 5.74) is 2.31. The van der Waals surface area contributed by atoms with Gasteiger partial charge in [-0.1, -0.05) is 18.2 Å². The summed E-state index contributed by atoms with van der Waals surface area (Å²) < 4.78 is 11.9. The number of ether oxygens (including phenoxy) is 2. The van der Waals surface area contributed by atoms with Crippen LogP contribution in [0.3, 0.4) is 0 Å². The van der Waals surface area contributed by atoms with Crippen LogP contribution < -0.4 is 5.32 Å². The van der Waals surface area contributed by atoms with Crippen molar-refractivity contribution in [3.05, 3.63) is 36.0 Å². The van der Waals surface area contributed by atoms with Crippen LogP contribution in [-0.2, 0) is 16.0 Å². The van der Waals surface area contributed by atoms with E-state index in [4.69, 9.17) is 14.5 Å². The fourth-order valence-electron chi connectivity index (χ4n) is 4.22. The van der Waals surface area contributed by atoms with Crippen molar-refractivity contribution in [3.63, 3.8) is 0 Å². The molecule has 6 heteroatoms. The van der Waals surface area contributed by atoms with Crippen molar-refractivity contribution in [2.45, 2.75) is 57.8 Å². The molecule has 1 atom stereocenters. The van der Waals surface area contributed by atoms with Crippen LogP contribution in [0.15, 0.2) is 35.3 Å². The first-order chi connectivity index (χ1) is 14.3. The lowest BCUT2D eigenvalue weighted by Gasteiger charge is -2.35. The molecule has 3 heterocycles. The van der Waals surface area contributed by atoms with Gasteiger partial charge in [-0.05, 0) is 56.5 Å². The van der Waals surface area contributed by atoms with Gasteiger partial charge in [-0.2, -0.15) is 0 Å². The Balaban J connectivity index is 1.28. The SMILES string of the molecule is CCNC(=NCc1cc2ccccc2[nH]1)N1CCC(OCC2CCCCO2)CC1. The van der Waals surface area contributed by atoms with E-state index in [1.807, 2.05) is 0 Å². The number of guanidine groups is 1. The molecule has 2 fully saturated rings. The van der Waals surface area contributed by atoms with Crippen LogP contribution in [-0.4, -0.2) is 60.9 Å². The minimum absolute atomic E-state index is 0.303. The zero-order valence-corrected chi connectivity index (χ0v) is 17.5. The summed E-state index contributed by atoms with van der Waals surface area (Å²) in [7, 11) is 0. The number of para-hydroxylation sites is 1. The third-order valence-corrected chi connectivity index (χ3v) is 5.85. The fraction of sp³-hybridized carbons (Fsp3) is 0.609. The van der Waals surface area contributed by atoms with Crippen molar-refractivity contribution in [2.75, 3.05) is 32.8 Å². The normalized spacial score (nSPS) is 21.6. The molecule has 158 valence electrons. The number of aliphatic imine (C=N–C) groups is 1. The number of H-pyrrole nitrogens is 1. The number of hydrogen-bond acceptors (Lipinski definition) is 3. The van der Waals surface area contributed by atoms with E-state index >= 15 is 0 Å². The maximum atomic E-state index is 6.16. The number of aromatic amines is 1. The monoisotopic (exact) mass is 398 g/mol. The second-order valence-corrected chi connectivity index (χ2v) is 8.06. The second-order valence-electron chi connectivity index (χ2n) is 8.06. The molecule has 0 spiro atoms. The lowest BCUT2D eigenvalue weighted by atomic mass is 10.1. The number of aromatic nitrogens is 1. The van der Waals surface area contributed by atoms with Gasteiger partial charge in [-0.25, -0.2) is 4.99 Å². The standard InChI is InChI=1S/C23H34N4O2/c1-2-24-23(25-16-19-15-18-7-3-4-9-22(18)26-19)27-12-10-20(11-13-27)29-17-21-8-5-6-14-28-21/h3-4,7,9,15,20-21,26H,2,5-6,8,10-14,16-17H2,1H3,(H,24,25).